The second-order valence-corrected chi connectivity index (χ2v) is 9.48. The van der Waals surface area contributed by atoms with E-state index in [1.807, 2.05) is 19.9 Å². The lowest BCUT2D eigenvalue weighted by Gasteiger charge is -2.26. The zero-order valence-corrected chi connectivity index (χ0v) is 22.6. The minimum atomic E-state index is -0.945. The molecule has 0 aliphatic carbocycles. The van der Waals surface area contributed by atoms with Crippen LogP contribution in [0.15, 0.2) is 66.5 Å². The summed E-state index contributed by atoms with van der Waals surface area (Å²) < 4.78 is 22.3. The van der Waals surface area contributed by atoms with E-state index in [1.54, 1.807) is 54.9 Å². The summed E-state index contributed by atoms with van der Waals surface area (Å²) in [4.78, 5) is 32.4. The summed E-state index contributed by atoms with van der Waals surface area (Å²) in [6, 6.07) is 12.8. The van der Waals surface area contributed by atoms with Gasteiger partial charge in [-0.1, -0.05) is 32.0 Å². The molecule has 4 rings (SSSR count). The quantitative estimate of drug-likeness (QED) is 0.226. The standard InChI is InChI=1S/C30H32N2O7/c1-18(2)17-39-22-10-6-9-20(12-22)27(33)25-26(21-13-23(36-3)29(38-5)24(14-21)37-4)32(30(35)28(25)34)16-19-8-7-11-31-15-19/h6-15,18,26,33H,16-17H2,1-5H3/b27-25+. The second-order valence-electron chi connectivity index (χ2n) is 9.48. The number of benzene rings is 2. The second kappa shape index (κ2) is 11.9. The van der Waals surface area contributed by atoms with E-state index in [1.165, 1.54) is 26.2 Å². The van der Waals surface area contributed by atoms with Crippen LogP contribution in [0, 0.1) is 5.92 Å². The Hall–Kier alpha value is -4.53. The molecule has 3 aromatic rings. The Bertz CT molecular complexity index is 1360. The van der Waals surface area contributed by atoms with Crippen molar-refractivity contribution in [1.29, 1.82) is 0 Å². The van der Waals surface area contributed by atoms with Crippen molar-refractivity contribution in [1.82, 2.24) is 9.88 Å². The number of carbonyl (C=O) groups excluding carboxylic acids is 2. The van der Waals surface area contributed by atoms with E-state index in [9.17, 15) is 14.7 Å². The Kier molecular flexibility index (Phi) is 8.39. The van der Waals surface area contributed by atoms with Gasteiger partial charge in [-0.05, 0) is 47.4 Å². The van der Waals surface area contributed by atoms with Crippen molar-refractivity contribution in [3.05, 3.63) is 83.2 Å². The van der Waals surface area contributed by atoms with Crippen LogP contribution in [-0.2, 0) is 16.1 Å². The third-order valence-corrected chi connectivity index (χ3v) is 6.31. The Morgan fingerprint density at radius 3 is 2.31 bits per heavy atom. The van der Waals surface area contributed by atoms with Crippen LogP contribution in [0.3, 0.4) is 0 Å². The summed E-state index contributed by atoms with van der Waals surface area (Å²) in [7, 11) is 4.45. The average molecular weight is 533 g/mol. The number of aliphatic hydroxyl groups is 1. The van der Waals surface area contributed by atoms with Gasteiger partial charge in [-0.25, -0.2) is 0 Å². The van der Waals surface area contributed by atoms with Crippen LogP contribution in [0.5, 0.6) is 23.0 Å². The lowest BCUT2D eigenvalue weighted by molar-refractivity contribution is -0.140. The van der Waals surface area contributed by atoms with Crippen LogP contribution >= 0.6 is 0 Å². The number of pyridine rings is 1. The maximum absolute atomic E-state index is 13.5. The lowest BCUT2D eigenvalue weighted by atomic mass is 9.94. The molecule has 0 radical (unpaired) electrons. The number of likely N-dealkylation sites (tertiary alicyclic amines) is 1. The van der Waals surface area contributed by atoms with Crippen molar-refractivity contribution in [2.45, 2.75) is 26.4 Å². The highest BCUT2D eigenvalue weighted by atomic mass is 16.5. The monoisotopic (exact) mass is 532 g/mol. The SMILES string of the molecule is COc1cc(C2/C(=C(\O)c3cccc(OCC(C)C)c3)C(=O)C(=O)N2Cc2cccnc2)cc(OC)c1OC. The molecule has 1 aliphatic heterocycles. The highest BCUT2D eigenvalue weighted by Crippen LogP contribution is 2.46. The van der Waals surface area contributed by atoms with Crippen LogP contribution in [-0.4, -0.2) is 54.6 Å². The molecule has 9 nitrogen and oxygen atoms in total. The van der Waals surface area contributed by atoms with Crippen molar-refractivity contribution in [2.75, 3.05) is 27.9 Å². The zero-order valence-electron chi connectivity index (χ0n) is 22.6. The number of ketones is 1. The van der Waals surface area contributed by atoms with Gasteiger partial charge < -0.3 is 29.0 Å². The summed E-state index contributed by atoms with van der Waals surface area (Å²) in [6.45, 7) is 4.65. The van der Waals surface area contributed by atoms with Crippen molar-refractivity contribution < 1.29 is 33.6 Å². The largest absolute Gasteiger partial charge is 0.507 e. The number of aromatic nitrogens is 1. The maximum atomic E-state index is 13.5. The molecule has 0 spiro atoms. The first-order valence-electron chi connectivity index (χ1n) is 12.5. The molecule has 1 N–H and O–H groups in total. The summed E-state index contributed by atoms with van der Waals surface area (Å²) in [5.74, 6) is 0.0568. The normalized spacial score (nSPS) is 16.5. The van der Waals surface area contributed by atoms with Gasteiger partial charge in [0.15, 0.2) is 11.5 Å². The molecule has 204 valence electrons. The third kappa shape index (κ3) is 5.67. The number of rotatable bonds is 10. The smallest absolute Gasteiger partial charge is 0.295 e. The molecular formula is C30H32N2O7. The molecule has 1 amide bonds. The maximum Gasteiger partial charge on any atom is 0.295 e. The van der Waals surface area contributed by atoms with E-state index in [0.717, 1.165) is 5.56 Å². The number of hydrogen-bond acceptors (Lipinski definition) is 8. The molecule has 0 saturated carbocycles. The molecule has 1 aromatic heterocycles. The Balaban J connectivity index is 1.89. The number of aliphatic hydroxyl groups excluding tert-OH is 1. The minimum Gasteiger partial charge on any atom is -0.507 e. The third-order valence-electron chi connectivity index (χ3n) is 6.31. The average Bonchev–Trinajstić information content (AvgIpc) is 3.20. The number of hydrogen-bond donors (Lipinski definition) is 1. The van der Waals surface area contributed by atoms with E-state index < -0.39 is 17.7 Å². The fourth-order valence-electron chi connectivity index (χ4n) is 4.49. The predicted octanol–water partition coefficient (Wildman–Crippen LogP) is 4.76. The van der Waals surface area contributed by atoms with E-state index in [-0.39, 0.29) is 17.9 Å². The van der Waals surface area contributed by atoms with Crippen LogP contribution in [0.2, 0.25) is 0 Å². The fourth-order valence-corrected chi connectivity index (χ4v) is 4.49. The Labute approximate surface area is 227 Å². The number of Topliss-reactive ketones (excluding diaryl/α,β-unsaturated/α-hetero) is 1. The van der Waals surface area contributed by atoms with Gasteiger partial charge in [0.25, 0.3) is 11.7 Å². The number of methoxy groups -OCH3 is 3. The van der Waals surface area contributed by atoms with Crippen molar-refractivity contribution in [2.24, 2.45) is 5.92 Å². The molecule has 1 atom stereocenters. The molecule has 1 saturated heterocycles. The first-order valence-corrected chi connectivity index (χ1v) is 12.5. The van der Waals surface area contributed by atoms with Crippen molar-refractivity contribution in [3.63, 3.8) is 0 Å². The van der Waals surface area contributed by atoms with Crippen LogP contribution in [0.4, 0.5) is 0 Å². The fraction of sp³-hybridized carbons (Fsp3) is 0.300. The number of nitrogens with zero attached hydrogens (tertiary/aromatic N) is 2. The van der Waals surface area contributed by atoms with E-state index >= 15 is 0 Å². The Morgan fingerprint density at radius 1 is 1.00 bits per heavy atom. The van der Waals surface area contributed by atoms with Gasteiger partial charge in [-0.2, -0.15) is 0 Å². The molecule has 2 aromatic carbocycles. The van der Waals surface area contributed by atoms with E-state index in [4.69, 9.17) is 18.9 Å². The highest BCUT2D eigenvalue weighted by molar-refractivity contribution is 6.46. The predicted molar refractivity (Wildman–Crippen MR) is 145 cm³/mol. The zero-order chi connectivity index (χ0) is 28.1. The molecular weight excluding hydrogens is 500 g/mol. The van der Waals surface area contributed by atoms with Gasteiger partial charge in [-0.15, -0.1) is 0 Å². The van der Waals surface area contributed by atoms with Gasteiger partial charge in [0.05, 0.1) is 39.6 Å². The molecule has 1 aliphatic rings. The van der Waals surface area contributed by atoms with E-state index in [0.29, 0.717) is 46.6 Å². The number of ether oxygens (including phenoxy) is 4. The summed E-state index contributed by atoms with van der Waals surface area (Å²) in [5, 5.41) is 11.5. The highest BCUT2D eigenvalue weighted by Gasteiger charge is 2.46. The summed E-state index contributed by atoms with van der Waals surface area (Å²) >= 11 is 0. The van der Waals surface area contributed by atoms with Gasteiger partial charge in [0, 0.05) is 24.5 Å². The molecule has 2 heterocycles. The number of amides is 1. The van der Waals surface area contributed by atoms with Gasteiger partial charge in [0.1, 0.15) is 11.5 Å². The van der Waals surface area contributed by atoms with Gasteiger partial charge >= 0.3 is 0 Å². The van der Waals surface area contributed by atoms with Crippen molar-refractivity contribution >= 4 is 17.4 Å². The molecule has 39 heavy (non-hydrogen) atoms. The summed E-state index contributed by atoms with van der Waals surface area (Å²) in [6.07, 6.45) is 3.25. The molecule has 0 bridgehead atoms. The van der Waals surface area contributed by atoms with Gasteiger partial charge in [0.2, 0.25) is 5.75 Å². The van der Waals surface area contributed by atoms with Crippen molar-refractivity contribution in [3.8, 4) is 23.0 Å². The molecule has 1 unspecified atom stereocenters. The van der Waals surface area contributed by atoms with Crippen LogP contribution in [0.1, 0.15) is 36.6 Å². The number of carbonyl (C=O) groups is 2. The van der Waals surface area contributed by atoms with E-state index in [2.05, 4.69) is 4.98 Å². The van der Waals surface area contributed by atoms with Gasteiger partial charge in [-0.3, -0.25) is 14.6 Å². The molecule has 1 fully saturated rings. The minimum absolute atomic E-state index is 0.0563. The molecule has 9 heteroatoms. The first kappa shape index (κ1) is 27.5. The van der Waals surface area contributed by atoms with Crippen LogP contribution in [0.25, 0.3) is 5.76 Å². The summed E-state index contributed by atoms with van der Waals surface area (Å²) in [5.41, 5.74) is 1.52. The Morgan fingerprint density at radius 2 is 1.72 bits per heavy atom. The topological polar surface area (TPSA) is 107 Å². The van der Waals surface area contributed by atoms with Crippen LogP contribution < -0.4 is 18.9 Å². The first-order chi connectivity index (χ1) is 18.8. The lowest BCUT2D eigenvalue weighted by Crippen LogP contribution is -2.29.